The van der Waals surface area contributed by atoms with Crippen molar-refractivity contribution in [3.05, 3.63) is 18.2 Å². The number of methoxy groups -OCH3 is 2. The van der Waals surface area contributed by atoms with Crippen LogP contribution in [-0.4, -0.2) is 58.3 Å². The van der Waals surface area contributed by atoms with Crippen LogP contribution >= 0.6 is 12.4 Å². The average molecular weight is 372 g/mol. The smallest absolute Gasteiger partial charge is 0.238 e. The van der Waals surface area contributed by atoms with Crippen molar-refractivity contribution in [3.63, 3.8) is 0 Å². The molecule has 2 N–H and O–H groups in total. The third kappa shape index (κ3) is 6.72. The largest absolute Gasteiger partial charge is 0.493 e. The van der Waals surface area contributed by atoms with Gasteiger partial charge in [0.05, 0.1) is 20.8 Å². The number of halogens is 1. The number of benzene rings is 1. The first kappa shape index (κ1) is 21.5. The van der Waals surface area contributed by atoms with Crippen LogP contribution in [0.15, 0.2) is 18.2 Å². The van der Waals surface area contributed by atoms with E-state index in [9.17, 15) is 4.79 Å². The molecule has 1 aliphatic rings. The maximum atomic E-state index is 12.3. The molecule has 1 saturated heterocycles. The van der Waals surface area contributed by atoms with Crippen molar-refractivity contribution in [3.8, 4) is 11.5 Å². The maximum absolute atomic E-state index is 12.3. The third-order valence-electron chi connectivity index (χ3n) is 4.54. The molecule has 1 heterocycles. The normalized spacial score (nSPS) is 15.3. The molecule has 1 amide bonds. The molecule has 0 radical (unpaired) electrons. The Labute approximate surface area is 156 Å². The van der Waals surface area contributed by atoms with Gasteiger partial charge in [0.25, 0.3) is 0 Å². The summed E-state index contributed by atoms with van der Waals surface area (Å²) in [4.78, 5) is 14.5. The van der Waals surface area contributed by atoms with Crippen LogP contribution in [0.2, 0.25) is 0 Å². The first-order valence-corrected chi connectivity index (χ1v) is 8.55. The Morgan fingerprint density at radius 3 is 2.48 bits per heavy atom. The van der Waals surface area contributed by atoms with E-state index in [1.54, 1.807) is 26.4 Å². The van der Waals surface area contributed by atoms with Crippen molar-refractivity contribution in [2.75, 3.05) is 52.8 Å². The van der Waals surface area contributed by atoms with Gasteiger partial charge in [-0.2, -0.15) is 0 Å². The van der Waals surface area contributed by atoms with Crippen LogP contribution in [0, 0.1) is 5.92 Å². The summed E-state index contributed by atoms with van der Waals surface area (Å²) in [6, 6.07) is 5.39. The number of piperidine rings is 1. The molecule has 0 spiro atoms. The molecular formula is C18H30ClN3O3. The molecule has 1 fully saturated rings. The van der Waals surface area contributed by atoms with E-state index in [1.165, 1.54) is 19.3 Å². The van der Waals surface area contributed by atoms with E-state index in [0.717, 1.165) is 31.2 Å². The Bertz CT molecular complexity index is 534. The summed E-state index contributed by atoms with van der Waals surface area (Å²) in [6.07, 6.45) is 3.57. The number of likely N-dealkylation sites (tertiary alicyclic amines) is 1. The SMILES string of the molecule is CNCCC1CCN(CC(=O)Nc2ccc(OC)c(OC)c2)CC1.Cl. The number of amides is 1. The molecular weight excluding hydrogens is 342 g/mol. The van der Waals surface area contributed by atoms with Crippen LogP contribution < -0.4 is 20.1 Å². The molecule has 25 heavy (non-hydrogen) atoms. The first-order chi connectivity index (χ1) is 11.7. The zero-order chi connectivity index (χ0) is 17.4. The lowest BCUT2D eigenvalue weighted by molar-refractivity contribution is -0.117. The van der Waals surface area contributed by atoms with Gasteiger partial charge in [-0.1, -0.05) is 0 Å². The summed E-state index contributed by atoms with van der Waals surface area (Å²) in [6.45, 7) is 3.50. The first-order valence-electron chi connectivity index (χ1n) is 8.55. The van der Waals surface area contributed by atoms with E-state index in [2.05, 4.69) is 15.5 Å². The van der Waals surface area contributed by atoms with E-state index in [-0.39, 0.29) is 18.3 Å². The van der Waals surface area contributed by atoms with Gasteiger partial charge in [0.1, 0.15) is 0 Å². The van der Waals surface area contributed by atoms with Gasteiger partial charge in [0.15, 0.2) is 11.5 Å². The minimum atomic E-state index is 0. The molecule has 0 unspecified atom stereocenters. The quantitative estimate of drug-likeness (QED) is 0.734. The predicted molar refractivity (Wildman–Crippen MR) is 103 cm³/mol. The lowest BCUT2D eigenvalue weighted by Gasteiger charge is -2.31. The Balaban J connectivity index is 0.00000312. The molecule has 0 atom stereocenters. The van der Waals surface area contributed by atoms with Gasteiger partial charge in [0, 0.05) is 11.8 Å². The van der Waals surface area contributed by atoms with Gasteiger partial charge in [-0.25, -0.2) is 0 Å². The van der Waals surface area contributed by atoms with Gasteiger partial charge >= 0.3 is 0 Å². The van der Waals surface area contributed by atoms with Crippen molar-refractivity contribution in [2.24, 2.45) is 5.92 Å². The minimum absolute atomic E-state index is 0. The molecule has 7 heteroatoms. The van der Waals surface area contributed by atoms with Crippen molar-refractivity contribution < 1.29 is 14.3 Å². The summed E-state index contributed by atoms with van der Waals surface area (Å²) in [5, 5.41) is 6.14. The highest BCUT2D eigenvalue weighted by Gasteiger charge is 2.20. The van der Waals surface area contributed by atoms with Gasteiger partial charge < -0.3 is 20.1 Å². The fourth-order valence-corrected chi connectivity index (χ4v) is 3.10. The fraction of sp³-hybridized carbons (Fsp3) is 0.611. The van der Waals surface area contributed by atoms with Crippen molar-refractivity contribution in [1.82, 2.24) is 10.2 Å². The number of nitrogens with one attached hydrogen (secondary N) is 2. The second kappa shape index (κ2) is 11.2. The van der Waals surface area contributed by atoms with Gasteiger partial charge in [0.2, 0.25) is 5.91 Å². The lowest BCUT2D eigenvalue weighted by Crippen LogP contribution is -2.39. The van der Waals surface area contributed by atoms with Crippen LogP contribution in [0.5, 0.6) is 11.5 Å². The van der Waals surface area contributed by atoms with Crippen molar-refractivity contribution in [1.29, 1.82) is 0 Å². The van der Waals surface area contributed by atoms with Gasteiger partial charge in [-0.15, -0.1) is 12.4 Å². The molecule has 0 aliphatic carbocycles. The highest BCUT2D eigenvalue weighted by molar-refractivity contribution is 5.92. The van der Waals surface area contributed by atoms with E-state index < -0.39 is 0 Å². The molecule has 142 valence electrons. The number of ether oxygens (including phenoxy) is 2. The Kier molecular flexibility index (Phi) is 9.63. The minimum Gasteiger partial charge on any atom is -0.493 e. The molecule has 6 nitrogen and oxygen atoms in total. The number of anilines is 1. The topological polar surface area (TPSA) is 62.8 Å². The zero-order valence-corrected chi connectivity index (χ0v) is 16.2. The summed E-state index contributed by atoms with van der Waals surface area (Å²) < 4.78 is 10.5. The lowest BCUT2D eigenvalue weighted by atomic mass is 9.93. The van der Waals surface area contributed by atoms with Gasteiger partial charge in [-0.3, -0.25) is 9.69 Å². The van der Waals surface area contributed by atoms with E-state index in [0.29, 0.717) is 18.0 Å². The van der Waals surface area contributed by atoms with E-state index in [4.69, 9.17) is 9.47 Å². The predicted octanol–water partition coefficient (Wildman–Crippen LogP) is 2.39. The third-order valence-corrected chi connectivity index (χ3v) is 4.54. The Hall–Kier alpha value is -1.50. The highest BCUT2D eigenvalue weighted by Crippen LogP contribution is 2.29. The maximum Gasteiger partial charge on any atom is 0.238 e. The summed E-state index contributed by atoms with van der Waals surface area (Å²) in [5.41, 5.74) is 0.724. The fourth-order valence-electron chi connectivity index (χ4n) is 3.10. The number of carbonyl (C=O) groups is 1. The summed E-state index contributed by atoms with van der Waals surface area (Å²) in [7, 11) is 5.17. The summed E-state index contributed by atoms with van der Waals surface area (Å²) in [5.74, 6) is 2.05. The second-order valence-electron chi connectivity index (χ2n) is 6.23. The molecule has 1 aliphatic heterocycles. The standard InChI is InChI=1S/C18H29N3O3.ClH/c1-19-9-6-14-7-10-21(11-8-14)13-18(22)20-15-4-5-16(23-2)17(12-15)24-3;/h4-5,12,14,19H,6-11,13H2,1-3H3,(H,20,22);1H. The van der Waals surface area contributed by atoms with Gasteiger partial charge in [-0.05, 0) is 64.0 Å². The highest BCUT2D eigenvalue weighted by atomic mass is 35.5. The van der Waals surface area contributed by atoms with Crippen LogP contribution in [0.4, 0.5) is 5.69 Å². The number of nitrogens with zero attached hydrogens (tertiary/aromatic N) is 1. The average Bonchev–Trinajstić information content (AvgIpc) is 2.61. The van der Waals surface area contributed by atoms with E-state index >= 15 is 0 Å². The number of carbonyl (C=O) groups excluding carboxylic acids is 1. The van der Waals surface area contributed by atoms with Crippen LogP contribution in [0.1, 0.15) is 19.3 Å². The zero-order valence-electron chi connectivity index (χ0n) is 15.3. The Morgan fingerprint density at radius 1 is 1.20 bits per heavy atom. The Morgan fingerprint density at radius 2 is 1.88 bits per heavy atom. The van der Waals surface area contributed by atoms with Crippen LogP contribution in [0.25, 0.3) is 0 Å². The number of hydrogen-bond acceptors (Lipinski definition) is 5. The van der Waals surface area contributed by atoms with Crippen molar-refractivity contribution >= 4 is 24.0 Å². The second-order valence-corrected chi connectivity index (χ2v) is 6.23. The van der Waals surface area contributed by atoms with Crippen molar-refractivity contribution in [2.45, 2.75) is 19.3 Å². The molecule has 1 aromatic carbocycles. The molecule has 0 aromatic heterocycles. The van der Waals surface area contributed by atoms with Crippen LogP contribution in [-0.2, 0) is 4.79 Å². The molecule has 0 saturated carbocycles. The molecule has 2 rings (SSSR count). The van der Waals surface area contributed by atoms with Crippen LogP contribution in [0.3, 0.4) is 0 Å². The number of rotatable bonds is 8. The monoisotopic (exact) mass is 371 g/mol. The van der Waals surface area contributed by atoms with E-state index in [1.807, 2.05) is 13.1 Å². The molecule has 1 aromatic rings. The molecule has 0 bridgehead atoms. The number of hydrogen-bond donors (Lipinski definition) is 2. The summed E-state index contributed by atoms with van der Waals surface area (Å²) >= 11 is 0.